The van der Waals surface area contributed by atoms with Gasteiger partial charge in [-0.25, -0.2) is 0 Å². The van der Waals surface area contributed by atoms with E-state index in [9.17, 15) is 9.59 Å². The molecule has 1 aliphatic rings. The summed E-state index contributed by atoms with van der Waals surface area (Å²) in [6.45, 7) is 0. The van der Waals surface area contributed by atoms with Gasteiger partial charge in [0.1, 0.15) is 5.54 Å². The second-order valence-electron chi connectivity index (χ2n) is 5.48. The van der Waals surface area contributed by atoms with E-state index in [2.05, 4.69) is 10.6 Å². The predicted molar refractivity (Wildman–Crippen MR) is 77.0 cm³/mol. The molecule has 3 unspecified atom stereocenters. The maximum Gasteiger partial charge on any atom is 0.326 e. The largest absolute Gasteiger partial charge is 0.468 e. The van der Waals surface area contributed by atoms with E-state index in [-0.39, 0.29) is 23.8 Å². The zero-order chi connectivity index (χ0) is 15.2. The molecule has 0 aromatic carbocycles. The lowest BCUT2D eigenvalue weighted by Gasteiger charge is -2.32. The van der Waals surface area contributed by atoms with Crippen LogP contribution in [0.3, 0.4) is 0 Å². The highest BCUT2D eigenvalue weighted by Crippen LogP contribution is 2.39. The fourth-order valence-electron chi connectivity index (χ4n) is 3.35. The molecule has 1 aliphatic carbocycles. The fourth-order valence-corrected chi connectivity index (χ4v) is 3.35. The van der Waals surface area contributed by atoms with Crippen LogP contribution in [0, 0.1) is 5.92 Å². The van der Waals surface area contributed by atoms with Crippen molar-refractivity contribution in [1.82, 2.24) is 10.6 Å². The number of primary amides is 1. The third kappa shape index (κ3) is 3.49. The van der Waals surface area contributed by atoms with Gasteiger partial charge >= 0.3 is 5.97 Å². The molecule has 6 heteroatoms. The molecule has 0 heterocycles. The van der Waals surface area contributed by atoms with Crippen molar-refractivity contribution in [2.24, 2.45) is 11.7 Å². The van der Waals surface area contributed by atoms with Gasteiger partial charge in [0.15, 0.2) is 0 Å². The minimum atomic E-state index is -0.559. The molecule has 1 rings (SSSR count). The van der Waals surface area contributed by atoms with Gasteiger partial charge in [0.25, 0.3) is 0 Å². The summed E-state index contributed by atoms with van der Waals surface area (Å²) >= 11 is 0. The SMILES string of the molecule is CNC(CCCC1CCCC1(NC)C(=O)OC)C(N)=O. The van der Waals surface area contributed by atoms with Crippen LogP contribution in [0.5, 0.6) is 0 Å². The number of hydrogen-bond donors (Lipinski definition) is 3. The quantitative estimate of drug-likeness (QED) is 0.552. The van der Waals surface area contributed by atoms with Gasteiger partial charge in [0.05, 0.1) is 13.2 Å². The molecule has 0 aromatic rings. The number of esters is 1. The minimum Gasteiger partial charge on any atom is -0.468 e. The van der Waals surface area contributed by atoms with Crippen molar-refractivity contribution in [3.05, 3.63) is 0 Å². The van der Waals surface area contributed by atoms with E-state index in [0.29, 0.717) is 6.42 Å². The molecule has 4 N–H and O–H groups in total. The first kappa shape index (κ1) is 16.9. The van der Waals surface area contributed by atoms with Crippen LogP contribution in [0.25, 0.3) is 0 Å². The Hall–Kier alpha value is -1.14. The number of hydrogen-bond acceptors (Lipinski definition) is 5. The molecule has 0 aliphatic heterocycles. The number of carbonyl (C=O) groups excluding carboxylic acids is 2. The van der Waals surface area contributed by atoms with Crippen LogP contribution >= 0.6 is 0 Å². The first-order chi connectivity index (χ1) is 9.51. The van der Waals surface area contributed by atoms with Crippen molar-refractivity contribution < 1.29 is 14.3 Å². The van der Waals surface area contributed by atoms with Crippen LogP contribution in [-0.2, 0) is 14.3 Å². The summed E-state index contributed by atoms with van der Waals surface area (Å²) < 4.78 is 4.96. The van der Waals surface area contributed by atoms with Gasteiger partial charge in [-0.15, -0.1) is 0 Å². The Morgan fingerprint density at radius 1 is 1.45 bits per heavy atom. The molecule has 116 valence electrons. The Kier molecular flexibility index (Phi) is 6.42. The van der Waals surface area contributed by atoms with Crippen molar-refractivity contribution in [3.63, 3.8) is 0 Å². The molecule has 20 heavy (non-hydrogen) atoms. The maximum absolute atomic E-state index is 12.1. The van der Waals surface area contributed by atoms with Gasteiger partial charge < -0.3 is 21.1 Å². The second kappa shape index (κ2) is 7.59. The van der Waals surface area contributed by atoms with E-state index in [1.165, 1.54) is 7.11 Å². The molecule has 0 saturated heterocycles. The summed E-state index contributed by atoms with van der Waals surface area (Å²) in [6, 6.07) is -0.293. The van der Waals surface area contributed by atoms with Crippen LogP contribution < -0.4 is 16.4 Å². The summed E-state index contributed by atoms with van der Waals surface area (Å²) in [5, 5.41) is 6.09. The first-order valence-electron chi connectivity index (χ1n) is 7.25. The molecule has 3 atom stereocenters. The van der Waals surface area contributed by atoms with Crippen LogP contribution in [0.4, 0.5) is 0 Å². The lowest BCUT2D eigenvalue weighted by molar-refractivity contribution is -0.150. The first-order valence-corrected chi connectivity index (χ1v) is 7.25. The molecule has 0 spiro atoms. The Bertz CT molecular complexity index is 349. The van der Waals surface area contributed by atoms with Crippen molar-refractivity contribution in [2.75, 3.05) is 21.2 Å². The predicted octanol–water partition coefficient (Wildman–Crippen LogP) is 0.161. The molecule has 1 fully saturated rings. The van der Waals surface area contributed by atoms with Gasteiger partial charge in [-0.05, 0) is 45.7 Å². The molecular formula is C14H27N3O3. The highest BCUT2D eigenvalue weighted by molar-refractivity contribution is 5.81. The smallest absolute Gasteiger partial charge is 0.326 e. The summed E-state index contributed by atoms with van der Waals surface area (Å²) in [5.41, 5.74) is 4.74. The third-order valence-corrected chi connectivity index (χ3v) is 4.55. The van der Waals surface area contributed by atoms with E-state index in [4.69, 9.17) is 10.5 Å². The van der Waals surface area contributed by atoms with Crippen LogP contribution in [-0.4, -0.2) is 44.7 Å². The third-order valence-electron chi connectivity index (χ3n) is 4.55. The van der Waals surface area contributed by atoms with Gasteiger partial charge in [-0.3, -0.25) is 9.59 Å². The van der Waals surface area contributed by atoms with Gasteiger partial charge in [0.2, 0.25) is 5.91 Å². The van der Waals surface area contributed by atoms with Crippen LogP contribution in [0.1, 0.15) is 38.5 Å². The van der Waals surface area contributed by atoms with Crippen molar-refractivity contribution >= 4 is 11.9 Å². The standard InChI is InChI=1S/C14H27N3O3/c1-16-11(12(15)18)8-4-6-10-7-5-9-14(10,17-2)13(19)20-3/h10-11,16-17H,4-9H2,1-3H3,(H2,15,18). The number of methoxy groups -OCH3 is 1. The number of rotatable bonds is 8. The van der Waals surface area contributed by atoms with Gasteiger partial charge in [0, 0.05) is 0 Å². The molecule has 6 nitrogen and oxygen atoms in total. The molecule has 0 aromatic heterocycles. The van der Waals surface area contributed by atoms with Crippen molar-refractivity contribution in [1.29, 1.82) is 0 Å². The Morgan fingerprint density at radius 3 is 2.65 bits per heavy atom. The van der Waals surface area contributed by atoms with E-state index in [1.54, 1.807) is 7.05 Å². The van der Waals surface area contributed by atoms with E-state index in [1.807, 2.05) is 7.05 Å². The van der Waals surface area contributed by atoms with Crippen molar-refractivity contribution in [2.45, 2.75) is 50.1 Å². The van der Waals surface area contributed by atoms with E-state index < -0.39 is 5.54 Å². The number of amides is 1. The van der Waals surface area contributed by atoms with Crippen LogP contribution in [0.15, 0.2) is 0 Å². The number of carbonyl (C=O) groups is 2. The monoisotopic (exact) mass is 285 g/mol. The normalized spacial score (nSPS) is 27.2. The summed E-state index contributed by atoms with van der Waals surface area (Å²) in [5.74, 6) is -0.250. The van der Waals surface area contributed by atoms with E-state index >= 15 is 0 Å². The van der Waals surface area contributed by atoms with Gasteiger partial charge in [-0.2, -0.15) is 0 Å². The van der Waals surface area contributed by atoms with E-state index in [0.717, 1.165) is 32.1 Å². The molecule has 1 saturated carbocycles. The number of ether oxygens (including phenoxy) is 1. The summed E-state index contributed by atoms with van der Waals surface area (Å²) in [7, 11) is 4.98. The lowest BCUT2D eigenvalue weighted by atomic mass is 9.83. The number of nitrogens with two attached hydrogens (primary N) is 1. The summed E-state index contributed by atoms with van der Waals surface area (Å²) in [4.78, 5) is 23.2. The van der Waals surface area contributed by atoms with Gasteiger partial charge in [-0.1, -0.05) is 12.8 Å². The Labute approximate surface area is 120 Å². The fraction of sp³-hybridized carbons (Fsp3) is 0.857. The highest BCUT2D eigenvalue weighted by atomic mass is 16.5. The zero-order valence-electron chi connectivity index (χ0n) is 12.7. The Balaban J connectivity index is 2.57. The maximum atomic E-state index is 12.1. The average molecular weight is 285 g/mol. The molecule has 0 bridgehead atoms. The second-order valence-corrected chi connectivity index (χ2v) is 5.48. The minimum absolute atomic E-state index is 0.178. The Morgan fingerprint density at radius 2 is 2.15 bits per heavy atom. The molecule has 0 radical (unpaired) electrons. The highest BCUT2D eigenvalue weighted by Gasteiger charge is 2.48. The van der Waals surface area contributed by atoms with Crippen LogP contribution in [0.2, 0.25) is 0 Å². The summed E-state index contributed by atoms with van der Waals surface area (Å²) in [6.07, 6.45) is 5.29. The number of nitrogens with one attached hydrogen (secondary N) is 2. The molecular weight excluding hydrogens is 258 g/mol. The topological polar surface area (TPSA) is 93.4 Å². The number of likely N-dealkylation sites (N-methyl/N-ethyl adjacent to an activating group) is 2. The zero-order valence-corrected chi connectivity index (χ0v) is 12.7. The average Bonchev–Trinajstić information content (AvgIpc) is 2.86. The van der Waals surface area contributed by atoms with Crippen molar-refractivity contribution in [3.8, 4) is 0 Å². The molecule has 1 amide bonds. The lowest BCUT2D eigenvalue weighted by Crippen LogP contribution is -2.53.